The number of nitrogens with zero attached hydrogens (tertiary/aromatic N) is 3. The van der Waals surface area contributed by atoms with Crippen molar-refractivity contribution in [2.24, 2.45) is 22.1 Å². The van der Waals surface area contributed by atoms with Crippen LogP contribution < -0.4 is 5.73 Å². The molecule has 166 valence electrons. The predicted octanol–water partition coefficient (Wildman–Crippen LogP) is -2.14. The van der Waals surface area contributed by atoms with Crippen LogP contribution in [0.1, 0.15) is 37.3 Å². The zero-order valence-electron chi connectivity index (χ0n) is 20.7. The highest BCUT2D eigenvalue weighted by Gasteiger charge is 2.69. The zero-order chi connectivity index (χ0) is 23.6. The van der Waals surface area contributed by atoms with Gasteiger partial charge in [0.1, 0.15) is 29.1 Å². The van der Waals surface area contributed by atoms with Crippen LogP contribution in [0.25, 0.3) is 11.3 Å². The van der Waals surface area contributed by atoms with Crippen molar-refractivity contribution in [3.05, 3.63) is 47.9 Å². The van der Waals surface area contributed by atoms with Crippen LogP contribution >= 0.6 is 0 Å². The van der Waals surface area contributed by atoms with Crippen molar-refractivity contribution >= 4 is 45.3 Å². The Kier molecular flexibility index (Phi) is 5.09. The summed E-state index contributed by atoms with van der Waals surface area (Å²) in [6.45, 7) is 2.33. The third-order valence-corrected chi connectivity index (χ3v) is 7.92. The summed E-state index contributed by atoms with van der Waals surface area (Å²) >= 11 is 0. The molecular formula is C22H31B5N4O2. The van der Waals surface area contributed by atoms with Crippen LogP contribution in [0, 0.1) is 11.3 Å². The van der Waals surface area contributed by atoms with Gasteiger partial charge in [-0.25, -0.2) is 4.99 Å². The molecule has 3 aliphatic rings. The van der Waals surface area contributed by atoms with Crippen molar-refractivity contribution in [3.8, 4) is 11.3 Å². The molecular weight excluding hydrogens is 406 g/mol. The number of aliphatic imine (C=N–C) groups is 1. The predicted molar refractivity (Wildman–Crippen MR) is 144 cm³/mol. The number of rotatable bonds is 3. The van der Waals surface area contributed by atoms with E-state index >= 15 is 0 Å². The van der Waals surface area contributed by atoms with Crippen LogP contribution in [0.5, 0.6) is 0 Å². The second kappa shape index (κ2) is 7.43. The summed E-state index contributed by atoms with van der Waals surface area (Å²) in [6.07, 6.45) is 9.52. The summed E-state index contributed by atoms with van der Waals surface area (Å²) in [5.41, 5.74) is 10.1. The lowest BCUT2D eigenvalue weighted by Gasteiger charge is -2.53. The second-order valence-electron chi connectivity index (χ2n) is 11.7. The highest BCUT2D eigenvalue weighted by Crippen LogP contribution is 2.65. The van der Waals surface area contributed by atoms with Gasteiger partial charge in [0.25, 0.3) is 6.02 Å². The number of hydrogen-bond donors (Lipinski definition) is 1. The minimum Gasteiger partial charge on any atom is -0.475 e. The van der Waals surface area contributed by atoms with Gasteiger partial charge in [-0.15, -0.1) is 0 Å². The van der Waals surface area contributed by atoms with Crippen LogP contribution in [0.3, 0.4) is 0 Å². The number of aromatic nitrogens is 2. The summed E-state index contributed by atoms with van der Waals surface area (Å²) in [5, 5.41) is -0.704. The summed E-state index contributed by atoms with van der Waals surface area (Å²) in [4.78, 5) is 14.0. The molecule has 2 aliphatic carbocycles. The smallest absolute Gasteiger partial charge is 0.282 e. The average Bonchev–Trinajstić information content (AvgIpc) is 3.14. The van der Waals surface area contributed by atoms with Gasteiger partial charge in [-0.05, 0) is 54.1 Å². The molecule has 11 heteroatoms. The molecule has 2 heterocycles. The van der Waals surface area contributed by atoms with Crippen molar-refractivity contribution < 1.29 is 9.47 Å². The number of amidine groups is 1. The first-order valence-electron chi connectivity index (χ1n) is 12.1. The maximum absolute atomic E-state index is 6.46. The maximum atomic E-state index is 6.46. The molecule has 33 heavy (non-hydrogen) atoms. The van der Waals surface area contributed by atoms with Crippen LogP contribution in [0.2, 0.25) is 0 Å². The van der Waals surface area contributed by atoms with E-state index in [1.54, 1.807) is 12.4 Å². The Morgan fingerprint density at radius 1 is 1.21 bits per heavy atom. The molecule has 0 unspecified atom stereocenters. The lowest BCUT2D eigenvalue weighted by atomic mass is 9.44. The van der Waals surface area contributed by atoms with Gasteiger partial charge in [0.2, 0.25) is 0 Å². The van der Waals surface area contributed by atoms with Gasteiger partial charge < -0.3 is 15.2 Å². The fourth-order valence-electron chi connectivity index (χ4n) is 6.92. The summed E-state index contributed by atoms with van der Waals surface area (Å²) in [5.74, 6) is 0.413. The van der Waals surface area contributed by atoms with Gasteiger partial charge in [-0.1, -0.05) is 19.1 Å². The van der Waals surface area contributed by atoms with Crippen LogP contribution in [0.4, 0.5) is 0 Å². The maximum Gasteiger partial charge on any atom is 0.282 e. The number of benzene rings is 1. The molecule has 1 saturated carbocycles. The molecule has 4 atom stereocenters. The largest absolute Gasteiger partial charge is 0.475 e. The molecule has 0 bridgehead atoms. The first-order chi connectivity index (χ1) is 15.5. The summed E-state index contributed by atoms with van der Waals surface area (Å²) in [6, 6.07) is 6.95. The number of nitrogens with two attached hydrogens (primary N) is 1. The first-order valence-corrected chi connectivity index (χ1v) is 12.1. The molecule has 0 saturated heterocycles. The Hall–Kier alpha value is -2.15. The molecule has 6 nitrogen and oxygen atoms in total. The van der Waals surface area contributed by atoms with E-state index in [4.69, 9.17) is 20.2 Å². The molecule has 5 rings (SSSR count). The fraction of sp³-hybridized carbons (Fsp3) is 0.500. The average molecular weight is 438 g/mol. The Balaban J connectivity index is 1.62. The third kappa shape index (κ3) is 3.46. The lowest BCUT2D eigenvalue weighted by Crippen LogP contribution is -2.60. The van der Waals surface area contributed by atoms with E-state index in [2.05, 4.69) is 74.3 Å². The van der Waals surface area contributed by atoms with Gasteiger partial charge in [-0.2, -0.15) is 0 Å². The number of hydrogen-bond acceptors (Lipinski definition) is 6. The molecule has 0 radical (unpaired) electrons. The van der Waals surface area contributed by atoms with Gasteiger partial charge in [0.05, 0.1) is 23.4 Å². The first kappa shape index (κ1) is 22.6. The Morgan fingerprint density at radius 2 is 2.00 bits per heavy atom. The molecule has 1 aliphatic heterocycles. The molecule has 0 amide bonds. The lowest BCUT2D eigenvalue weighted by molar-refractivity contribution is -0.0743. The van der Waals surface area contributed by atoms with E-state index in [-0.39, 0.29) is 22.8 Å². The summed E-state index contributed by atoms with van der Waals surface area (Å²) < 4.78 is 12.7. The van der Waals surface area contributed by atoms with Gasteiger partial charge in [-0.3, -0.25) is 9.97 Å². The Morgan fingerprint density at radius 3 is 2.61 bits per heavy atom. The number of ether oxygens (including phenoxy) is 2. The van der Waals surface area contributed by atoms with Crippen molar-refractivity contribution in [2.45, 2.75) is 54.9 Å². The minimum absolute atomic E-state index is 0.0713. The third-order valence-electron chi connectivity index (χ3n) is 7.92. The van der Waals surface area contributed by atoms with Crippen LogP contribution in [-0.4, -0.2) is 72.0 Å². The summed E-state index contributed by atoms with van der Waals surface area (Å²) in [7, 11) is 10.7. The van der Waals surface area contributed by atoms with E-state index in [0.29, 0.717) is 5.92 Å². The monoisotopic (exact) mass is 438 g/mol. The molecule has 1 aromatic carbocycles. The van der Waals surface area contributed by atoms with E-state index in [0.717, 1.165) is 36.9 Å². The standard InChI is InChI=1S/C22H31B5N4O2/c1-12-9-19(5-4-17(12)32-22(25,26)27)10-14-3-2-13(16-11-29-6-7-30-16)8-15(14)20(19)21(23,24)33-18(28)31-20/h2-3,6-8,11-12,17H,4-5,9-10,23-27H2,1H3,(H2,28,31)/t12-,17-,19-,20-/m0/s1. The quantitative estimate of drug-likeness (QED) is 0.555. The second-order valence-corrected chi connectivity index (χ2v) is 11.7. The van der Waals surface area contributed by atoms with Crippen molar-refractivity contribution in [1.29, 1.82) is 0 Å². The molecule has 1 aromatic heterocycles. The van der Waals surface area contributed by atoms with Gasteiger partial charge >= 0.3 is 0 Å². The van der Waals surface area contributed by atoms with Crippen molar-refractivity contribution in [2.75, 3.05) is 0 Å². The normalized spacial score (nSPS) is 32.5. The number of fused-ring (bicyclic) bond motifs is 3. The Labute approximate surface area is 201 Å². The fourth-order valence-corrected chi connectivity index (χ4v) is 6.92. The SMILES string of the molecule is BC(B)(B)O[C@H]1CC[C@@]2(Cc3ccc(-c4cnccn4)cc3[C@]23N=C(N)OC3(B)B)C[C@@H]1C. The molecule has 1 fully saturated rings. The molecule has 2 spiro atoms. The molecule has 2 N–H and O–H groups in total. The zero-order valence-corrected chi connectivity index (χ0v) is 20.7. The van der Waals surface area contributed by atoms with E-state index in [9.17, 15) is 0 Å². The Bertz CT molecular complexity index is 1110. The van der Waals surface area contributed by atoms with E-state index < -0.39 is 10.9 Å². The molecule has 2 aromatic rings. The van der Waals surface area contributed by atoms with Gasteiger partial charge in [0.15, 0.2) is 15.7 Å². The highest BCUT2D eigenvalue weighted by atomic mass is 16.5. The van der Waals surface area contributed by atoms with Gasteiger partial charge in [0, 0.05) is 23.4 Å². The van der Waals surface area contributed by atoms with Crippen LogP contribution in [-0.2, 0) is 21.4 Å². The van der Waals surface area contributed by atoms with Crippen molar-refractivity contribution in [1.82, 2.24) is 9.97 Å². The van der Waals surface area contributed by atoms with E-state index in [1.807, 2.05) is 6.20 Å². The van der Waals surface area contributed by atoms with Crippen LogP contribution in [0.15, 0.2) is 41.8 Å². The van der Waals surface area contributed by atoms with E-state index in [1.165, 1.54) is 11.1 Å². The highest BCUT2D eigenvalue weighted by molar-refractivity contribution is 6.58. The van der Waals surface area contributed by atoms with Crippen molar-refractivity contribution in [3.63, 3.8) is 0 Å². The topological polar surface area (TPSA) is 82.6 Å². The minimum atomic E-state index is -0.555.